The summed E-state index contributed by atoms with van der Waals surface area (Å²) in [6.07, 6.45) is 3.35. The molecule has 1 saturated heterocycles. The van der Waals surface area contributed by atoms with Gasteiger partial charge in [-0.05, 0) is 55.3 Å². The van der Waals surface area contributed by atoms with Gasteiger partial charge in [-0.15, -0.1) is 11.3 Å². The third kappa shape index (κ3) is 4.05. The Kier molecular flexibility index (Phi) is 5.69. The van der Waals surface area contributed by atoms with E-state index in [4.69, 9.17) is 0 Å². The van der Waals surface area contributed by atoms with Gasteiger partial charge in [0.05, 0.1) is 4.88 Å². The maximum Gasteiger partial charge on any atom is 0.264 e. The van der Waals surface area contributed by atoms with Gasteiger partial charge in [0.2, 0.25) is 0 Å². The largest absolute Gasteiger partial charge is 0.337 e. The molecule has 3 nitrogen and oxygen atoms in total. The number of likely N-dealkylation sites (N-methyl/N-ethyl adjacent to an activating group) is 1. The van der Waals surface area contributed by atoms with E-state index in [1.54, 1.807) is 11.3 Å². The van der Waals surface area contributed by atoms with E-state index in [-0.39, 0.29) is 5.91 Å². The number of amides is 1. The minimum Gasteiger partial charge on any atom is -0.337 e. The summed E-state index contributed by atoms with van der Waals surface area (Å²) in [6, 6.07) is 13.0. The van der Waals surface area contributed by atoms with Crippen molar-refractivity contribution in [2.45, 2.75) is 32.2 Å². The minimum absolute atomic E-state index is 0.178. The molecule has 1 aromatic carbocycles. The lowest BCUT2D eigenvalue weighted by Gasteiger charge is -2.37. The van der Waals surface area contributed by atoms with Crippen LogP contribution in [0.2, 0.25) is 0 Å². The van der Waals surface area contributed by atoms with Crippen LogP contribution in [-0.2, 0) is 6.42 Å². The van der Waals surface area contributed by atoms with Gasteiger partial charge in [-0.3, -0.25) is 4.79 Å². The molecule has 1 fully saturated rings. The average Bonchev–Trinajstić information content (AvgIpc) is 3.06. The lowest BCUT2D eigenvalue weighted by molar-refractivity contribution is 0.0623. The average molecular weight is 343 g/mol. The molecule has 128 valence electrons. The van der Waals surface area contributed by atoms with Crippen molar-refractivity contribution in [2.24, 2.45) is 0 Å². The maximum absolute atomic E-state index is 12.7. The molecule has 0 radical (unpaired) electrons. The molecule has 2 heterocycles. The molecule has 1 amide bonds. The van der Waals surface area contributed by atoms with Crippen molar-refractivity contribution < 1.29 is 4.79 Å². The van der Waals surface area contributed by atoms with E-state index in [0.29, 0.717) is 6.04 Å². The predicted molar refractivity (Wildman–Crippen MR) is 101 cm³/mol. The summed E-state index contributed by atoms with van der Waals surface area (Å²) < 4.78 is 0. The summed E-state index contributed by atoms with van der Waals surface area (Å²) in [5, 5.41) is 2.00. The molecule has 1 unspecified atom stereocenters. The Morgan fingerprint density at radius 2 is 2.08 bits per heavy atom. The Morgan fingerprint density at radius 1 is 1.29 bits per heavy atom. The molecule has 0 aliphatic carbocycles. The topological polar surface area (TPSA) is 23.6 Å². The molecule has 1 aliphatic heterocycles. The van der Waals surface area contributed by atoms with Crippen molar-refractivity contribution >= 4 is 17.2 Å². The van der Waals surface area contributed by atoms with E-state index in [9.17, 15) is 4.79 Å². The Bertz CT molecular complexity index is 667. The van der Waals surface area contributed by atoms with E-state index in [0.717, 1.165) is 42.9 Å². The number of hydrogen-bond acceptors (Lipinski definition) is 3. The number of carbonyl (C=O) groups is 1. The Hall–Kier alpha value is -1.65. The van der Waals surface area contributed by atoms with Gasteiger partial charge in [0.25, 0.3) is 5.91 Å². The smallest absolute Gasteiger partial charge is 0.264 e. The van der Waals surface area contributed by atoms with Crippen molar-refractivity contribution in [1.29, 1.82) is 0 Å². The van der Waals surface area contributed by atoms with Crippen LogP contribution in [0.5, 0.6) is 0 Å². The summed E-state index contributed by atoms with van der Waals surface area (Å²) in [5.41, 5.74) is 2.48. The fraction of sp³-hybridized carbons (Fsp3) is 0.450. The molecule has 0 spiro atoms. The van der Waals surface area contributed by atoms with Crippen molar-refractivity contribution in [2.75, 3.05) is 26.7 Å². The van der Waals surface area contributed by atoms with Gasteiger partial charge in [-0.2, -0.15) is 0 Å². The molecule has 0 bridgehead atoms. The quantitative estimate of drug-likeness (QED) is 0.824. The zero-order valence-electron chi connectivity index (χ0n) is 14.6. The van der Waals surface area contributed by atoms with Gasteiger partial charge in [0.1, 0.15) is 0 Å². The van der Waals surface area contributed by atoms with Crippen LogP contribution in [0.4, 0.5) is 0 Å². The Labute approximate surface area is 148 Å². The number of thiophene rings is 1. The van der Waals surface area contributed by atoms with E-state index in [1.165, 1.54) is 12.0 Å². The van der Waals surface area contributed by atoms with Crippen LogP contribution in [0.15, 0.2) is 41.8 Å². The summed E-state index contributed by atoms with van der Waals surface area (Å²) in [4.78, 5) is 18.1. The number of benzene rings is 1. The first-order valence-corrected chi connectivity index (χ1v) is 9.60. The SMILES string of the molecule is Cc1ccsc1C(=O)N(C)C1CCCN(CCc2ccccc2)C1. The van der Waals surface area contributed by atoms with Crippen molar-refractivity contribution in [3.63, 3.8) is 0 Å². The Morgan fingerprint density at radius 3 is 2.79 bits per heavy atom. The molecular weight excluding hydrogens is 316 g/mol. The van der Waals surface area contributed by atoms with Crippen LogP contribution >= 0.6 is 11.3 Å². The van der Waals surface area contributed by atoms with Gasteiger partial charge < -0.3 is 9.80 Å². The van der Waals surface area contributed by atoms with Crippen molar-refractivity contribution in [3.05, 3.63) is 57.8 Å². The molecule has 0 N–H and O–H groups in total. The van der Waals surface area contributed by atoms with Crippen LogP contribution in [0, 0.1) is 6.92 Å². The first-order chi connectivity index (χ1) is 11.6. The molecule has 1 atom stereocenters. The van der Waals surface area contributed by atoms with E-state index in [1.807, 2.05) is 30.3 Å². The highest BCUT2D eigenvalue weighted by Crippen LogP contribution is 2.22. The standard InChI is InChI=1S/C20H26N2OS/c1-16-11-14-24-19(16)20(23)21(2)18-9-6-12-22(15-18)13-10-17-7-4-3-5-8-17/h3-5,7-8,11,14,18H,6,9-10,12-13,15H2,1-2H3. The van der Waals surface area contributed by atoms with Gasteiger partial charge in [-0.25, -0.2) is 0 Å². The number of likely N-dealkylation sites (tertiary alicyclic amines) is 1. The molecular formula is C20H26N2OS. The van der Waals surface area contributed by atoms with Gasteiger partial charge >= 0.3 is 0 Å². The maximum atomic E-state index is 12.7. The second kappa shape index (κ2) is 7.95. The Balaban J connectivity index is 1.56. The molecule has 1 aliphatic rings. The lowest BCUT2D eigenvalue weighted by Crippen LogP contribution is -2.48. The van der Waals surface area contributed by atoms with Crippen LogP contribution in [0.25, 0.3) is 0 Å². The van der Waals surface area contributed by atoms with E-state index < -0.39 is 0 Å². The monoisotopic (exact) mass is 342 g/mol. The summed E-state index contributed by atoms with van der Waals surface area (Å²) >= 11 is 1.55. The first kappa shape index (κ1) is 17.2. The van der Waals surface area contributed by atoms with E-state index in [2.05, 4.69) is 35.2 Å². The fourth-order valence-electron chi connectivity index (χ4n) is 3.40. The first-order valence-electron chi connectivity index (χ1n) is 8.72. The van der Waals surface area contributed by atoms with Crippen LogP contribution in [0.1, 0.15) is 33.6 Å². The third-order valence-electron chi connectivity index (χ3n) is 4.96. The van der Waals surface area contributed by atoms with Crippen LogP contribution < -0.4 is 0 Å². The zero-order chi connectivity index (χ0) is 16.9. The van der Waals surface area contributed by atoms with Crippen molar-refractivity contribution in [3.8, 4) is 0 Å². The third-order valence-corrected chi connectivity index (χ3v) is 5.97. The molecule has 0 saturated carbocycles. The summed E-state index contributed by atoms with van der Waals surface area (Å²) in [6.45, 7) is 5.22. The number of rotatable bonds is 5. The van der Waals surface area contributed by atoms with Crippen LogP contribution in [0.3, 0.4) is 0 Å². The number of aryl methyl sites for hydroxylation is 1. The number of carbonyl (C=O) groups excluding carboxylic acids is 1. The van der Waals surface area contributed by atoms with Crippen molar-refractivity contribution in [1.82, 2.24) is 9.80 Å². The van der Waals surface area contributed by atoms with Crippen LogP contribution in [-0.4, -0.2) is 48.4 Å². The molecule has 3 rings (SSSR count). The van der Waals surface area contributed by atoms with Gasteiger partial charge in [0, 0.05) is 26.2 Å². The highest BCUT2D eigenvalue weighted by molar-refractivity contribution is 7.12. The molecule has 4 heteroatoms. The molecule has 1 aromatic heterocycles. The highest BCUT2D eigenvalue weighted by atomic mass is 32.1. The van der Waals surface area contributed by atoms with Gasteiger partial charge in [-0.1, -0.05) is 30.3 Å². The second-order valence-electron chi connectivity index (χ2n) is 6.68. The zero-order valence-corrected chi connectivity index (χ0v) is 15.4. The highest BCUT2D eigenvalue weighted by Gasteiger charge is 2.27. The fourth-order valence-corrected chi connectivity index (χ4v) is 4.31. The molecule has 24 heavy (non-hydrogen) atoms. The number of piperidine rings is 1. The summed E-state index contributed by atoms with van der Waals surface area (Å²) in [5.74, 6) is 0.178. The normalized spacial score (nSPS) is 18.5. The second-order valence-corrected chi connectivity index (χ2v) is 7.60. The predicted octanol–water partition coefficient (Wildman–Crippen LogP) is 3.84. The van der Waals surface area contributed by atoms with E-state index >= 15 is 0 Å². The minimum atomic E-state index is 0.178. The lowest BCUT2D eigenvalue weighted by atomic mass is 10.0. The molecule has 2 aromatic rings. The summed E-state index contributed by atoms with van der Waals surface area (Å²) in [7, 11) is 1.97. The number of nitrogens with zero attached hydrogens (tertiary/aromatic N) is 2. The van der Waals surface area contributed by atoms with Gasteiger partial charge in [0.15, 0.2) is 0 Å². The number of hydrogen-bond donors (Lipinski definition) is 0.